The molecule has 5 rings (SSSR count). The van der Waals surface area contributed by atoms with E-state index in [-0.39, 0.29) is 0 Å². The fourth-order valence-electron chi connectivity index (χ4n) is 3.77. The number of aromatic nitrogens is 1. The Labute approximate surface area is 194 Å². The second-order valence-corrected chi connectivity index (χ2v) is 8.04. The van der Waals surface area contributed by atoms with Crippen molar-refractivity contribution < 1.29 is 5.11 Å². The maximum absolute atomic E-state index is 10.4. The fraction of sp³-hybridized carbons (Fsp3) is 0.345. The first-order valence-corrected chi connectivity index (χ1v) is 11.6. The van der Waals surface area contributed by atoms with Gasteiger partial charge in [0, 0.05) is 31.0 Å². The lowest BCUT2D eigenvalue weighted by molar-refractivity contribution is -0.0759. The van der Waals surface area contributed by atoms with Crippen LogP contribution < -0.4 is 0 Å². The molecule has 1 atom stereocenters. The van der Waals surface area contributed by atoms with Gasteiger partial charge in [-0.2, -0.15) is 0 Å². The maximum Gasteiger partial charge on any atom is 0.145 e. The van der Waals surface area contributed by atoms with Gasteiger partial charge in [0.2, 0.25) is 0 Å². The molecule has 1 aromatic heterocycles. The van der Waals surface area contributed by atoms with Gasteiger partial charge >= 0.3 is 0 Å². The Bertz CT molecular complexity index is 920. The molecule has 0 bridgehead atoms. The van der Waals surface area contributed by atoms with Crippen molar-refractivity contribution in [3.63, 3.8) is 0 Å². The van der Waals surface area contributed by atoms with E-state index in [1.807, 2.05) is 68.6 Å². The lowest BCUT2D eigenvalue weighted by Crippen LogP contribution is -2.34. The third-order valence-corrected chi connectivity index (χ3v) is 5.69. The van der Waals surface area contributed by atoms with E-state index in [1.165, 1.54) is 16.7 Å². The van der Waals surface area contributed by atoms with Crippen molar-refractivity contribution in [3.8, 4) is 0 Å². The van der Waals surface area contributed by atoms with E-state index in [0.29, 0.717) is 0 Å². The molecular weight excluding hydrogens is 392 g/mol. The quantitative estimate of drug-likeness (QED) is 0.438. The number of aryl methyl sites for hydroxylation is 2. The summed E-state index contributed by atoms with van der Waals surface area (Å²) in [5.41, 5.74) is 4.42. The molecule has 0 aliphatic carbocycles. The highest BCUT2D eigenvalue weighted by Gasteiger charge is 2.46. The van der Waals surface area contributed by atoms with E-state index < -0.39 is 5.72 Å². The predicted octanol–water partition coefficient (Wildman–Crippen LogP) is 6.66. The second-order valence-electron chi connectivity index (χ2n) is 8.04. The average molecular weight is 431 g/mol. The molecule has 1 unspecified atom stereocenters. The monoisotopic (exact) mass is 430 g/mol. The number of allylic oxidation sites excluding steroid dienone is 2. The van der Waals surface area contributed by atoms with Gasteiger partial charge in [-0.1, -0.05) is 85.3 Å². The summed E-state index contributed by atoms with van der Waals surface area (Å²) in [6, 6.07) is 22.5. The molecule has 1 fully saturated rings. The number of aliphatic hydroxyl groups is 1. The van der Waals surface area contributed by atoms with Crippen molar-refractivity contribution in [2.24, 2.45) is 0 Å². The minimum atomic E-state index is -0.628. The minimum absolute atomic E-state index is 0.628. The third-order valence-electron chi connectivity index (χ3n) is 5.69. The maximum atomic E-state index is 10.4. The summed E-state index contributed by atoms with van der Waals surface area (Å²) in [4.78, 5) is 6.13. The van der Waals surface area contributed by atoms with Crippen LogP contribution in [0.4, 0.5) is 0 Å². The number of hydrogen-bond acceptors (Lipinski definition) is 3. The first-order chi connectivity index (χ1) is 15.5. The molecule has 0 spiro atoms. The highest BCUT2D eigenvalue weighted by molar-refractivity contribution is 5.37. The number of pyridine rings is 1. The molecule has 2 aromatic carbocycles. The Morgan fingerprint density at radius 3 is 2.19 bits per heavy atom. The van der Waals surface area contributed by atoms with Gasteiger partial charge < -0.3 is 5.11 Å². The Morgan fingerprint density at radius 2 is 1.66 bits per heavy atom. The average Bonchev–Trinajstić information content (AvgIpc) is 3.35. The molecule has 2 aliphatic heterocycles. The standard InChI is InChI=1S/C11H13NO.C7H9N.C7H8.C4H8/c13-11-6-3-7-12(11)8-9-4-1-2-5-10(9)11;1-2-7-4-3-5-8-6-7;1-7-5-3-2-4-6-7;1-3-4-2/h1-2,4-5,13H,3,6-8H2;3-6H,2H2,1H3;2-6H,1H3;3-4H,1-2H3/b;;;4-3-. The minimum Gasteiger partial charge on any atom is -0.371 e. The molecule has 32 heavy (non-hydrogen) atoms. The lowest BCUT2D eigenvalue weighted by atomic mass is 9.99. The van der Waals surface area contributed by atoms with Crippen LogP contribution in [0.5, 0.6) is 0 Å². The molecule has 0 radical (unpaired) electrons. The first kappa shape index (κ1) is 25.5. The fourth-order valence-corrected chi connectivity index (χ4v) is 3.77. The van der Waals surface area contributed by atoms with E-state index >= 15 is 0 Å². The zero-order valence-corrected chi connectivity index (χ0v) is 20.0. The zero-order chi connectivity index (χ0) is 23.2. The van der Waals surface area contributed by atoms with Crippen LogP contribution in [-0.2, 0) is 18.7 Å². The third kappa shape index (κ3) is 7.44. The molecular formula is C29H38N2O. The number of hydrogen-bond donors (Lipinski definition) is 1. The summed E-state index contributed by atoms with van der Waals surface area (Å²) in [7, 11) is 0. The molecule has 1 saturated heterocycles. The van der Waals surface area contributed by atoms with Crippen molar-refractivity contribution >= 4 is 0 Å². The van der Waals surface area contributed by atoms with Crippen LogP contribution >= 0.6 is 0 Å². The van der Waals surface area contributed by atoms with Crippen LogP contribution in [0.3, 0.4) is 0 Å². The van der Waals surface area contributed by atoms with Crippen molar-refractivity contribution in [1.29, 1.82) is 0 Å². The van der Waals surface area contributed by atoms with Gasteiger partial charge in [0.05, 0.1) is 0 Å². The molecule has 3 aromatic rings. The van der Waals surface area contributed by atoms with Gasteiger partial charge in [-0.15, -0.1) is 0 Å². The Hall–Kier alpha value is -2.75. The molecule has 0 amide bonds. The van der Waals surface area contributed by atoms with E-state index in [0.717, 1.165) is 37.9 Å². The Morgan fingerprint density at radius 1 is 0.969 bits per heavy atom. The Kier molecular flexibility index (Phi) is 10.9. The molecule has 170 valence electrons. The Balaban J connectivity index is 0.000000166. The van der Waals surface area contributed by atoms with Crippen molar-refractivity contribution in [1.82, 2.24) is 9.88 Å². The molecule has 3 nitrogen and oxygen atoms in total. The molecule has 3 heterocycles. The normalized spacial score (nSPS) is 18.3. The van der Waals surface area contributed by atoms with Gasteiger partial charge in [-0.05, 0) is 57.2 Å². The van der Waals surface area contributed by atoms with Crippen LogP contribution in [0.1, 0.15) is 55.9 Å². The highest BCUT2D eigenvalue weighted by Crippen LogP contribution is 2.44. The predicted molar refractivity (Wildman–Crippen MR) is 135 cm³/mol. The number of nitrogens with zero attached hydrogens (tertiary/aromatic N) is 2. The SMILES string of the molecule is C/C=C\C.CCc1cccnc1.Cc1ccccc1.OC12CCCN1Cc1ccccc12. The first-order valence-electron chi connectivity index (χ1n) is 11.6. The summed E-state index contributed by atoms with van der Waals surface area (Å²) in [6.45, 7) is 10.2. The smallest absolute Gasteiger partial charge is 0.145 e. The topological polar surface area (TPSA) is 36.4 Å². The molecule has 1 N–H and O–H groups in total. The van der Waals surface area contributed by atoms with Crippen LogP contribution in [0.15, 0.2) is 91.3 Å². The summed E-state index contributed by atoms with van der Waals surface area (Å²) < 4.78 is 0. The summed E-state index contributed by atoms with van der Waals surface area (Å²) in [5.74, 6) is 0. The van der Waals surface area contributed by atoms with E-state index in [2.05, 4.69) is 54.1 Å². The van der Waals surface area contributed by atoms with E-state index in [9.17, 15) is 5.11 Å². The van der Waals surface area contributed by atoms with Crippen molar-refractivity contribution in [2.45, 2.75) is 59.2 Å². The van der Waals surface area contributed by atoms with Gasteiger partial charge in [-0.3, -0.25) is 9.88 Å². The molecule has 2 aliphatic rings. The van der Waals surface area contributed by atoms with Crippen LogP contribution in [0.2, 0.25) is 0 Å². The van der Waals surface area contributed by atoms with Gasteiger partial charge in [0.15, 0.2) is 0 Å². The van der Waals surface area contributed by atoms with E-state index in [1.54, 1.807) is 6.20 Å². The summed E-state index contributed by atoms with van der Waals surface area (Å²) in [5, 5.41) is 10.4. The van der Waals surface area contributed by atoms with Gasteiger partial charge in [-0.25, -0.2) is 0 Å². The van der Waals surface area contributed by atoms with Gasteiger partial charge in [0.1, 0.15) is 5.72 Å². The number of fused-ring (bicyclic) bond motifs is 3. The largest absolute Gasteiger partial charge is 0.371 e. The number of rotatable bonds is 1. The summed E-state index contributed by atoms with van der Waals surface area (Å²) in [6.07, 6.45) is 10.8. The van der Waals surface area contributed by atoms with E-state index in [4.69, 9.17) is 0 Å². The van der Waals surface area contributed by atoms with Gasteiger partial charge in [0.25, 0.3) is 0 Å². The van der Waals surface area contributed by atoms with Crippen molar-refractivity contribution in [3.05, 3.63) is 114 Å². The van der Waals surface area contributed by atoms with Crippen LogP contribution in [0, 0.1) is 6.92 Å². The van der Waals surface area contributed by atoms with Crippen molar-refractivity contribution in [2.75, 3.05) is 6.54 Å². The van der Waals surface area contributed by atoms with Crippen LogP contribution in [-0.4, -0.2) is 21.5 Å². The molecule has 3 heteroatoms. The number of benzene rings is 2. The highest BCUT2D eigenvalue weighted by atomic mass is 16.3. The second kappa shape index (κ2) is 13.6. The summed E-state index contributed by atoms with van der Waals surface area (Å²) >= 11 is 0. The zero-order valence-electron chi connectivity index (χ0n) is 20.0. The van der Waals surface area contributed by atoms with Crippen LogP contribution in [0.25, 0.3) is 0 Å². The lowest BCUT2D eigenvalue weighted by Gasteiger charge is -2.26. The molecule has 0 saturated carbocycles.